The smallest absolute Gasteiger partial charge is 0.0678 e. The summed E-state index contributed by atoms with van der Waals surface area (Å²) >= 11 is 0. The van der Waals surface area contributed by atoms with Crippen LogP contribution in [0, 0.1) is 13.8 Å². The number of nitrogens with one attached hydrogen (secondary N) is 1. The Morgan fingerprint density at radius 2 is 1.54 bits per heavy atom. The third-order valence-corrected chi connectivity index (χ3v) is 5.09. The molecule has 0 fully saturated rings. The number of hydrogen-bond acceptors (Lipinski definition) is 2. The van der Waals surface area contributed by atoms with Crippen LogP contribution in [-0.2, 0) is 11.3 Å². The minimum atomic E-state index is 0.943. The fourth-order valence-electron chi connectivity index (χ4n) is 3.85. The molecule has 1 N–H and O–H groups in total. The second-order valence-corrected chi connectivity index (χ2v) is 6.36. The molecule has 1 aliphatic carbocycles. The molecule has 0 unspecified atom stereocenters. The standard InChI is InChI=1S/C22H21NO/c1-14-15(2)22(23-24-3)19-13-17-11-7-8-12-18(17)21(19)20(14)16-9-5-4-6-10-16/h4-12,23H,13H2,1-3H3. The lowest BCUT2D eigenvalue weighted by atomic mass is 9.87. The molecule has 2 nitrogen and oxygen atoms in total. The number of anilines is 1. The van der Waals surface area contributed by atoms with Gasteiger partial charge in [0.1, 0.15) is 0 Å². The Labute approximate surface area is 143 Å². The molecule has 24 heavy (non-hydrogen) atoms. The van der Waals surface area contributed by atoms with Crippen LogP contribution < -0.4 is 5.48 Å². The lowest BCUT2D eigenvalue weighted by molar-refractivity contribution is 0.270. The molecule has 0 aromatic heterocycles. The molecular formula is C22H21NO. The summed E-state index contributed by atoms with van der Waals surface area (Å²) in [6, 6.07) is 19.4. The normalized spacial score (nSPS) is 12.0. The van der Waals surface area contributed by atoms with E-state index >= 15 is 0 Å². The zero-order chi connectivity index (χ0) is 16.7. The predicted octanol–water partition coefficient (Wildman–Crippen LogP) is 5.51. The zero-order valence-electron chi connectivity index (χ0n) is 14.3. The minimum absolute atomic E-state index is 0.943. The number of hydrogen-bond donors (Lipinski definition) is 1. The van der Waals surface area contributed by atoms with Crippen LogP contribution in [0.4, 0.5) is 5.69 Å². The molecule has 0 heterocycles. The van der Waals surface area contributed by atoms with E-state index in [1.807, 2.05) is 0 Å². The fourth-order valence-corrected chi connectivity index (χ4v) is 3.85. The molecule has 0 bridgehead atoms. The van der Waals surface area contributed by atoms with E-state index < -0.39 is 0 Å². The summed E-state index contributed by atoms with van der Waals surface area (Å²) in [5.41, 5.74) is 14.8. The Kier molecular flexibility index (Phi) is 3.62. The van der Waals surface area contributed by atoms with Crippen molar-refractivity contribution in [2.75, 3.05) is 12.6 Å². The van der Waals surface area contributed by atoms with Gasteiger partial charge in [-0.05, 0) is 58.4 Å². The second-order valence-electron chi connectivity index (χ2n) is 6.36. The van der Waals surface area contributed by atoms with E-state index in [9.17, 15) is 0 Å². The Hall–Kier alpha value is -2.58. The molecule has 4 rings (SSSR count). The SMILES string of the molecule is CONc1c(C)c(C)c(-c2ccccc2)c2c1Cc1ccccc1-2. The molecule has 0 saturated carbocycles. The van der Waals surface area contributed by atoms with Gasteiger partial charge >= 0.3 is 0 Å². The molecule has 2 heteroatoms. The first-order valence-corrected chi connectivity index (χ1v) is 8.31. The number of fused-ring (bicyclic) bond motifs is 3. The first-order valence-electron chi connectivity index (χ1n) is 8.31. The maximum absolute atomic E-state index is 5.28. The molecule has 120 valence electrons. The van der Waals surface area contributed by atoms with Crippen molar-refractivity contribution in [3.8, 4) is 22.3 Å². The predicted molar refractivity (Wildman–Crippen MR) is 100 cm³/mol. The average molecular weight is 315 g/mol. The van der Waals surface area contributed by atoms with Crippen molar-refractivity contribution in [3.63, 3.8) is 0 Å². The van der Waals surface area contributed by atoms with Crippen LogP contribution in [0.15, 0.2) is 54.6 Å². The molecule has 0 radical (unpaired) electrons. The Bertz CT molecular complexity index is 913. The Morgan fingerprint density at radius 3 is 2.29 bits per heavy atom. The van der Waals surface area contributed by atoms with E-state index in [1.54, 1.807) is 7.11 Å². The van der Waals surface area contributed by atoms with E-state index in [-0.39, 0.29) is 0 Å². The summed E-state index contributed by atoms with van der Waals surface area (Å²) < 4.78 is 0. The van der Waals surface area contributed by atoms with Crippen molar-refractivity contribution in [3.05, 3.63) is 76.9 Å². The quantitative estimate of drug-likeness (QED) is 0.503. The highest BCUT2D eigenvalue weighted by molar-refractivity contribution is 5.96. The zero-order valence-corrected chi connectivity index (χ0v) is 14.3. The third-order valence-electron chi connectivity index (χ3n) is 5.09. The van der Waals surface area contributed by atoms with Gasteiger partial charge in [-0.1, -0.05) is 54.6 Å². The maximum Gasteiger partial charge on any atom is 0.0678 e. The van der Waals surface area contributed by atoms with Crippen LogP contribution in [-0.4, -0.2) is 7.11 Å². The van der Waals surface area contributed by atoms with Gasteiger partial charge < -0.3 is 0 Å². The summed E-state index contributed by atoms with van der Waals surface area (Å²) in [6.07, 6.45) is 0.943. The summed E-state index contributed by atoms with van der Waals surface area (Å²) in [6.45, 7) is 4.38. The van der Waals surface area contributed by atoms with E-state index in [0.29, 0.717) is 0 Å². The highest BCUT2D eigenvalue weighted by Crippen LogP contribution is 2.49. The van der Waals surface area contributed by atoms with Gasteiger partial charge in [0.05, 0.1) is 12.8 Å². The average Bonchev–Trinajstić information content (AvgIpc) is 2.99. The summed E-state index contributed by atoms with van der Waals surface area (Å²) in [5, 5.41) is 0. The van der Waals surface area contributed by atoms with E-state index in [2.05, 4.69) is 73.9 Å². The van der Waals surface area contributed by atoms with Gasteiger partial charge in [0.2, 0.25) is 0 Å². The topological polar surface area (TPSA) is 21.3 Å². The van der Waals surface area contributed by atoms with Gasteiger partial charge in [0.25, 0.3) is 0 Å². The van der Waals surface area contributed by atoms with Crippen molar-refractivity contribution in [2.45, 2.75) is 20.3 Å². The largest absolute Gasteiger partial charge is 0.279 e. The summed E-state index contributed by atoms with van der Waals surface area (Å²) in [4.78, 5) is 5.28. The molecule has 0 atom stereocenters. The first-order chi connectivity index (χ1) is 11.7. The molecule has 0 spiro atoms. The maximum atomic E-state index is 5.28. The lowest BCUT2D eigenvalue weighted by Gasteiger charge is -2.21. The van der Waals surface area contributed by atoms with Gasteiger partial charge in [-0.2, -0.15) is 0 Å². The van der Waals surface area contributed by atoms with Crippen molar-refractivity contribution >= 4 is 5.69 Å². The molecular weight excluding hydrogens is 294 g/mol. The summed E-state index contributed by atoms with van der Waals surface area (Å²) in [7, 11) is 1.67. The van der Waals surface area contributed by atoms with E-state index in [4.69, 9.17) is 4.84 Å². The number of benzene rings is 3. The van der Waals surface area contributed by atoms with Gasteiger partial charge in [-0.3, -0.25) is 10.3 Å². The number of rotatable bonds is 3. The van der Waals surface area contributed by atoms with E-state index in [1.165, 1.54) is 44.5 Å². The highest BCUT2D eigenvalue weighted by atomic mass is 16.6. The van der Waals surface area contributed by atoms with Crippen molar-refractivity contribution in [1.82, 2.24) is 0 Å². The third kappa shape index (κ3) is 2.15. The molecule has 0 aliphatic heterocycles. The van der Waals surface area contributed by atoms with E-state index in [0.717, 1.165) is 12.1 Å². The fraction of sp³-hybridized carbons (Fsp3) is 0.182. The molecule has 0 amide bonds. The molecule has 3 aromatic carbocycles. The second kappa shape index (κ2) is 5.81. The van der Waals surface area contributed by atoms with Crippen LogP contribution in [0.5, 0.6) is 0 Å². The van der Waals surface area contributed by atoms with Crippen molar-refractivity contribution in [1.29, 1.82) is 0 Å². The van der Waals surface area contributed by atoms with Crippen LogP contribution >= 0.6 is 0 Å². The molecule has 0 saturated heterocycles. The van der Waals surface area contributed by atoms with Gasteiger partial charge in [-0.25, -0.2) is 0 Å². The van der Waals surface area contributed by atoms with Crippen molar-refractivity contribution in [2.24, 2.45) is 0 Å². The molecule has 1 aliphatic rings. The first kappa shape index (κ1) is 15.0. The highest BCUT2D eigenvalue weighted by Gasteiger charge is 2.28. The van der Waals surface area contributed by atoms with Crippen LogP contribution in [0.2, 0.25) is 0 Å². The van der Waals surface area contributed by atoms with Crippen LogP contribution in [0.25, 0.3) is 22.3 Å². The Balaban J connectivity index is 2.10. The minimum Gasteiger partial charge on any atom is -0.279 e. The van der Waals surface area contributed by atoms with Crippen LogP contribution in [0.3, 0.4) is 0 Å². The Morgan fingerprint density at radius 1 is 0.833 bits per heavy atom. The summed E-state index contributed by atoms with van der Waals surface area (Å²) in [5.74, 6) is 0. The lowest BCUT2D eigenvalue weighted by Crippen LogP contribution is -2.05. The van der Waals surface area contributed by atoms with Gasteiger partial charge in [0, 0.05) is 6.42 Å². The van der Waals surface area contributed by atoms with Gasteiger partial charge in [-0.15, -0.1) is 0 Å². The molecule has 3 aromatic rings. The van der Waals surface area contributed by atoms with Crippen LogP contribution in [0.1, 0.15) is 22.3 Å². The van der Waals surface area contributed by atoms with Crippen molar-refractivity contribution < 1.29 is 4.84 Å². The van der Waals surface area contributed by atoms with Gasteiger partial charge in [0.15, 0.2) is 0 Å². The monoisotopic (exact) mass is 315 g/mol.